The summed E-state index contributed by atoms with van der Waals surface area (Å²) < 4.78 is 1.84. The van der Waals surface area contributed by atoms with E-state index in [0.717, 1.165) is 42.2 Å². The van der Waals surface area contributed by atoms with Gasteiger partial charge in [-0.2, -0.15) is 9.61 Å². The third-order valence-corrected chi connectivity index (χ3v) is 3.78. The molecule has 0 saturated carbocycles. The smallest absolute Gasteiger partial charge is 0.185 e. The van der Waals surface area contributed by atoms with Gasteiger partial charge in [0, 0.05) is 12.1 Å². The van der Waals surface area contributed by atoms with Gasteiger partial charge in [-0.1, -0.05) is 18.2 Å². The molecule has 3 heterocycles. The number of aryl methyl sites for hydroxylation is 1. The average molecular weight is 265 g/mol. The molecule has 0 spiro atoms. The van der Waals surface area contributed by atoms with E-state index in [4.69, 9.17) is 0 Å². The largest absolute Gasteiger partial charge is 0.312 e. The highest BCUT2D eigenvalue weighted by atomic mass is 15.4. The van der Waals surface area contributed by atoms with Gasteiger partial charge in [0.2, 0.25) is 0 Å². The van der Waals surface area contributed by atoms with Crippen LogP contribution in [0.25, 0.3) is 17.0 Å². The van der Waals surface area contributed by atoms with E-state index in [9.17, 15) is 0 Å². The Kier molecular flexibility index (Phi) is 2.53. The van der Waals surface area contributed by atoms with Gasteiger partial charge in [-0.3, -0.25) is 0 Å². The van der Waals surface area contributed by atoms with Crippen LogP contribution in [0.1, 0.15) is 16.8 Å². The first-order valence-electron chi connectivity index (χ1n) is 6.84. The summed E-state index contributed by atoms with van der Waals surface area (Å²) in [6.07, 6.45) is 1.02. The molecule has 0 unspecified atom stereocenters. The summed E-state index contributed by atoms with van der Waals surface area (Å²) in [5.41, 5.74) is 5.61. The normalized spacial score (nSPS) is 14.4. The molecule has 4 rings (SSSR count). The third kappa shape index (κ3) is 1.71. The quantitative estimate of drug-likeness (QED) is 0.728. The van der Waals surface area contributed by atoms with Crippen molar-refractivity contribution in [2.75, 3.05) is 6.54 Å². The van der Waals surface area contributed by atoms with Crippen LogP contribution in [-0.4, -0.2) is 26.4 Å². The van der Waals surface area contributed by atoms with Crippen LogP contribution in [0.15, 0.2) is 30.3 Å². The monoisotopic (exact) mass is 265 g/mol. The Morgan fingerprint density at radius 3 is 3.05 bits per heavy atom. The summed E-state index contributed by atoms with van der Waals surface area (Å²) in [5.74, 6) is 0.836. The zero-order valence-corrected chi connectivity index (χ0v) is 11.3. The number of benzene rings is 1. The van der Waals surface area contributed by atoms with Gasteiger partial charge >= 0.3 is 0 Å². The molecule has 100 valence electrons. The minimum atomic E-state index is 0.789. The van der Waals surface area contributed by atoms with Crippen molar-refractivity contribution in [2.45, 2.75) is 19.9 Å². The van der Waals surface area contributed by atoms with Crippen molar-refractivity contribution < 1.29 is 0 Å². The molecule has 0 atom stereocenters. The highest BCUT2D eigenvalue weighted by Crippen LogP contribution is 2.27. The predicted octanol–water partition coefficient (Wildman–Crippen LogP) is 1.75. The Morgan fingerprint density at radius 2 is 2.10 bits per heavy atom. The summed E-state index contributed by atoms with van der Waals surface area (Å²) in [6, 6.07) is 10.3. The maximum Gasteiger partial charge on any atom is 0.185 e. The molecular formula is C15H15N5. The summed E-state index contributed by atoms with van der Waals surface area (Å²) in [4.78, 5) is 0. The van der Waals surface area contributed by atoms with Gasteiger partial charge in [0.15, 0.2) is 11.5 Å². The summed E-state index contributed by atoms with van der Waals surface area (Å²) in [6.45, 7) is 3.91. The Morgan fingerprint density at radius 1 is 1.15 bits per heavy atom. The zero-order chi connectivity index (χ0) is 13.5. The molecule has 0 radical (unpaired) electrons. The molecule has 0 bridgehead atoms. The lowest BCUT2D eigenvalue weighted by Gasteiger charge is -2.19. The number of aromatic nitrogens is 4. The van der Waals surface area contributed by atoms with Gasteiger partial charge in [0.1, 0.15) is 0 Å². The van der Waals surface area contributed by atoms with E-state index in [-0.39, 0.29) is 0 Å². The van der Waals surface area contributed by atoms with Gasteiger partial charge in [-0.15, -0.1) is 10.2 Å². The van der Waals surface area contributed by atoms with Crippen molar-refractivity contribution in [1.82, 2.24) is 25.1 Å². The molecule has 0 aliphatic carbocycles. The summed E-state index contributed by atoms with van der Waals surface area (Å²) >= 11 is 0. The maximum atomic E-state index is 4.54. The highest BCUT2D eigenvalue weighted by Gasteiger charge is 2.17. The maximum absolute atomic E-state index is 4.54. The van der Waals surface area contributed by atoms with Gasteiger partial charge in [-0.25, -0.2) is 0 Å². The van der Waals surface area contributed by atoms with Gasteiger partial charge < -0.3 is 5.32 Å². The standard InChI is InChI=1S/C15H15N5/c1-10-5-6-14-17-18-15(20(14)19-10)13-4-2-3-11-9-16-8-7-12(11)13/h2-6,16H,7-9H2,1H3. The van der Waals surface area contributed by atoms with Crippen molar-refractivity contribution in [3.8, 4) is 11.4 Å². The molecule has 5 nitrogen and oxygen atoms in total. The lowest BCUT2D eigenvalue weighted by Crippen LogP contribution is -2.24. The van der Waals surface area contributed by atoms with E-state index < -0.39 is 0 Å². The topological polar surface area (TPSA) is 55.1 Å². The lowest BCUT2D eigenvalue weighted by atomic mass is 9.95. The predicted molar refractivity (Wildman–Crippen MR) is 76.4 cm³/mol. The fourth-order valence-corrected chi connectivity index (χ4v) is 2.79. The molecule has 20 heavy (non-hydrogen) atoms. The molecular weight excluding hydrogens is 250 g/mol. The van der Waals surface area contributed by atoms with Crippen molar-refractivity contribution in [3.63, 3.8) is 0 Å². The number of nitrogens with zero attached hydrogens (tertiary/aromatic N) is 4. The molecule has 0 saturated heterocycles. The van der Waals surface area contributed by atoms with Crippen molar-refractivity contribution in [1.29, 1.82) is 0 Å². The van der Waals surface area contributed by atoms with Crippen molar-refractivity contribution in [3.05, 3.63) is 47.2 Å². The van der Waals surface area contributed by atoms with Crippen molar-refractivity contribution in [2.24, 2.45) is 0 Å². The minimum Gasteiger partial charge on any atom is -0.312 e. The van der Waals surface area contributed by atoms with E-state index in [2.05, 4.69) is 38.8 Å². The molecule has 0 fully saturated rings. The molecule has 0 amide bonds. The van der Waals surface area contributed by atoms with Crippen molar-refractivity contribution >= 4 is 5.65 Å². The Bertz CT molecular complexity index is 790. The van der Waals surface area contributed by atoms with E-state index in [0.29, 0.717) is 0 Å². The minimum absolute atomic E-state index is 0.789. The Hall–Kier alpha value is -2.27. The molecule has 2 aromatic heterocycles. The molecule has 5 heteroatoms. The van der Waals surface area contributed by atoms with Crippen LogP contribution >= 0.6 is 0 Å². The highest BCUT2D eigenvalue weighted by molar-refractivity contribution is 5.65. The van der Waals surface area contributed by atoms with Crippen LogP contribution in [0.4, 0.5) is 0 Å². The average Bonchev–Trinajstić information content (AvgIpc) is 2.89. The second kappa shape index (κ2) is 4.38. The number of nitrogens with one attached hydrogen (secondary N) is 1. The SMILES string of the molecule is Cc1ccc2nnc(-c3cccc4c3CCNC4)n2n1. The summed E-state index contributed by atoms with van der Waals surface area (Å²) in [5, 5.41) is 16.5. The molecule has 1 aromatic carbocycles. The number of rotatable bonds is 1. The van der Waals surface area contributed by atoms with Crippen LogP contribution < -0.4 is 5.32 Å². The number of hydrogen-bond donors (Lipinski definition) is 1. The van der Waals surface area contributed by atoms with E-state index in [1.54, 1.807) is 0 Å². The Balaban J connectivity index is 1.97. The van der Waals surface area contributed by atoms with Crippen LogP contribution in [0.5, 0.6) is 0 Å². The zero-order valence-electron chi connectivity index (χ0n) is 11.3. The molecule has 1 N–H and O–H groups in total. The fourth-order valence-electron chi connectivity index (χ4n) is 2.79. The Labute approximate surface area is 116 Å². The number of hydrogen-bond acceptors (Lipinski definition) is 4. The van der Waals surface area contributed by atoms with E-state index in [1.165, 1.54) is 11.1 Å². The van der Waals surface area contributed by atoms with Gasteiger partial charge in [0.05, 0.1) is 5.69 Å². The first-order valence-corrected chi connectivity index (χ1v) is 6.84. The van der Waals surface area contributed by atoms with Crippen LogP contribution in [0, 0.1) is 6.92 Å². The lowest BCUT2D eigenvalue weighted by molar-refractivity contribution is 0.644. The number of fused-ring (bicyclic) bond motifs is 2. The molecule has 1 aliphatic heterocycles. The molecule has 3 aromatic rings. The van der Waals surface area contributed by atoms with E-state index >= 15 is 0 Å². The first kappa shape index (κ1) is 11.5. The first-order chi connectivity index (χ1) is 9.83. The second-order valence-electron chi connectivity index (χ2n) is 5.14. The second-order valence-corrected chi connectivity index (χ2v) is 5.14. The fraction of sp³-hybridized carbons (Fsp3) is 0.267. The summed E-state index contributed by atoms with van der Waals surface area (Å²) in [7, 11) is 0. The van der Waals surface area contributed by atoms with Crippen LogP contribution in [0.3, 0.4) is 0 Å². The van der Waals surface area contributed by atoms with Crippen LogP contribution in [0.2, 0.25) is 0 Å². The van der Waals surface area contributed by atoms with Crippen LogP contribution in [-0.2, 0) is 13.0 Å². The van der Waals surface area contributed by atoms with E-state index in [1.807, 2.05) is 23.6 Å². The molecule has 1 aliphatic rings. The van der Waals surface area contributed by atoms with Gasteiger partial charge in [-0.05, 0) is 43.1 Å². The third-order valence-electron chi connectivity index (χ3n) is 3.78. The van der Waals surface area contributed by atoms with Gasteiger partial charge in [0.25, 0.3) is 0 Å².